The second kappa shape index (κ2) is 7.07. The molecule has 0 amide bonds. The third kappa shape index (κ3) is 2.76. The third-order valence-corrected chi connectivity index (χ3v) is 6.00. The van der Waals surface area contributed by atoms with E-state index in [1.807, 2.05) is 43.8 Å². The highest BCUT2D eigenvalue weighted by Gasteiger charge is 2.50. The Hall–Kier alpha value is -2.41. The number of hydrogen-bond acceptors (Lipinski definition) is 3. The molecule has 0 bridgehead atoms. The minimum Gasteiger partial charge on any atom is -0.298 e. The molecular formula is C22H27N3O. The maximum atomic E-state index is 12.2. The first kappa shape index (κ1) is 18.4. The Bertz CT molecular complexity index is 846. The summed E-state index contributed by atoms with van der Waals surface area (Å²) in [7, 11) is 1.99. The number of hydrogen-bond donors (Lipinski definition) is 0. The van der Waals surface area contributed by atoms with Crippen molar-refractivity contribution in [3.8, 4) is 17.3 Å². The molecule has 0 aliphatic heterocycles. The normalized spacial score (nSPS) is 26.8. The number of aromatic nitrogens is 2. The fraction of sp³-hybridized carbons (Fsp3) is 0.500. The van der Waals surface area contributed by atoms with Gasteiger partial charge in [-0.15, -0.1) is 0 Å². The van der Waals surface area contributed by atoms with Crippen molar-refractivity contribution in [1.82, 2.24) is 9.78 Å². The number of nitriles is 1. The molecule has 3 atom stereocenters. The van der Waals surface area contributed by atoms with Gasteiger partial charge < -0.3 is 0 Å². The van der Waals surface area contributed by atoms with Crippen molar-refractivity contribution >= 4 is 5.78 Å². The summed E-state index contributed by atoms with van der Waals surface area (Å²) < 4.78 is 1.98. The van der Waals surface area contributed by atoms with Gasteiger partial charge in [0.05, 0.1) is 17.5 Å². The van der Waals surface area contributed by atoms with Gasteiger partial charge in [-0.05, 0) is 25.2 Å². The Kier molecular flexibility index (Phi) is 5.00. The minimum atomic E-state index is -0.487. The first-order valence-corrected chi connectivity index (χ1v) is 9.58. The van der Waals surface area contributed by atoms with Gasteiger partial charge in [-0.25, -0.2) is 0 Å². The van der Waals surface area contributed by atoms with Crippen LogP contribution < -0.4 is 0 Å². The number of benzene rings is 1. The summed E-state index contributed by atoms with van der Waals surface area (Å²) in [4.78, 5) is 12.2. The van der Waals surface area contributed by atoms with Crippen molar-refractivity contribution in [2.75, 3.05) is 0 Å². The molecule has 1 fully saturated rings. The van der Waals surface area contributed by atoms with E-state index < -0.39 is 5.92 Å². The number of fused-ring (bicyclic) bond motifs is 3. The van der Waals surface area contributed by atoms with Crippen LogP contribution in [0.1, 0.15) is 51.3 Å². The summed E-state index contributed by atoms with van der Waals surface area (Å²) in [6.45, 7) is 6.20. The molecule has 1 heterocycles. The Balaban J connectivity index is 0.000000948. The number of aryl methyl sites for hydroxylation is 1. The minimum absolute atomic E-state index is 0.114. The standard InChI is InChI=1S/C20H21N3O.C2H6/c1-20-11-14(12-21)17(24)10-15(20)8-9-16-18(23(2)22-19(16)20)13-6-4-3-5-7-13;1-2/h3-7,14-15H,8-11H2,1-2H3;1-2H3. The molecule has 0 N–H and O–H groups in total. The van der Waals surface area contributed by atoms with Crippen LogP contribution in [0.4, 0.5) is 0 Å². The Morgan fingerprint density at radius 2 is 1.96 bits per heavy atom. The summed E-state index contributed by atoms with van der Waals surface area (Å²) >= 11 is 0. The van der Waals surface area contributed by atoms with Gasteiger partial charge in [0.2, 0.25) is 0 Å². The van der Waals surface area contributed by atoms with Crippen LogP contribution >= 0.6 is 0 Å². The summed E-state index contributed by atoms with van der Waals surface area (Å²) in [6, 6.07) is 12.6. The Morgan fingerprint density at radius 1 is 1.27 bits per heavy atom. The summed E-state index contributed by atoms with van der Waals surface area (Å²) in [6.07, 6.45) is 3.08. The van der Waals surface area contributed by atoms with Crippen LogP contribution in [0.5, 0.6) is 0 Å². The lowest BCUT2D eigenvalue weighted by Crippen LogP contribution is -2.45. The van der Waals surface area contributed by atoms with Crippen molar-refractivity contribution in [3.05, 3.63) is 41.6 Å². The molecule has 136 valence electrons. The molecule has 4 heteroatoms. The quantitative estimate of drug-likeness (QED) is 0.765. The summed E-state index contributed by atoms with van der Waals surface area (Å²) in [5.41, 5.74) is 4.59. The van der Waals surface area contributed by atoms with E-state index in [2.05, 4.69) is 25.1 Å². The van der Waals surface area contributed by atoms with E-state index in [0.717, 1.165) is 18.5 Å². The number of Topliss-reactive ketones (excluding diaryl/α,β-unsaturated/α-hetero) is 1. The van der Waals surface area contributed by atoms with Gasteiger partial charge in [0.15, 0.2) is 0 Å². The molecule has 1 aromatic carbocycles. The fourth-order valence-corrected chi connectivity index (χ4v) is 4.68. The number of nitrogens with zero attached hydrogens (tertiary/aromatic N) is 3. The second-order valence-corrected chi connectivity index (χ2v) is 7.37. The molecule has 3 unspecified atom stereocenters. The molecule has 0 saturated heterocycles. The molecule has 2 aromatic rings. The van der Waals surface area contributed by atoms with Crippen LogP contribution in [0.15, 0.2) is 30.3 Å². The van der Waals surface area contributed by atoms with E-state index in [0.29, 0.717) is 18.8 Å². The van der Waals surface area contributed by atoms with Crippen LogP contribution in [0.2, 0.25) is 0 Å². The number of ketones is 1. The van der Waals surface area contributed by atoms with Crippen LogP contribution in [-0.4, -0.2) is 15.6 Å². The molecule has 1 saturated carbocycles. The van der Waals surface area contributed by atoms with E-state index in [-0.39, 0.29) is 11.2 Å². The van der Waals surface area contributed by atoms with Crippen LogP contribution in [-0.2, 0) is 23.7 Å². The highest BCUT2D eigenvalue weighted by atomic mass is 16.1. The third-order valence-electron chi connectivity index (χ3n) is 6.00. The maximum Gasteiger partial charge on any atom is 0.150 e. The first-order chi connectivity index (χ1) is 12.5. The first-order valence-electron chi connectivity index (χ1n) is 9.58. The highest BCUT2D eigenvalue weighted by Crippen LogP contribution is 2.51. The van der Waals surface area contributed by atoms with Gasteiger partial charge in [-0.3, -0.25) is 9.48 Å². The molecule has 2 aliphatic carbocycles. The molecule has 4 rings (SSSR count). The number of carbonyl (C=O) groups is 1. The molecule has 0 radical (unpaired) electrons. The zero-order valence-corrected chi connectivity index (χ0v) is 16.1. The van der Waals surface area contributed by atoms with E-state index in [1.54, 1.807) is 0 Å². The lowest BCUT2D eigenvalue weighted by molar-refractivity contribution is -0.126. The number of carbonyl (C=O) groups excluding carboxylic acids is 1. The van der Waals surface area contributed by atoms with Gasteiger partial charge in [0, 0.05) is 30.0 Å². The largest absolute Gasteiger partial charge is 0.298 e. The van der Waals surface area contributed by atoms with Crippen molar-refractivity contribution in [2.24, 2.45) is 18.9 Å². The molecule has 2 aliphatic rings. The smallest absolute Gasteiger partial charge is 0.150 e. The van der Waals surface area contributed by atoms with Crippen molar-refractivity contribution in [1.29, 1.82) is 5.26 Å². The molecule has 1 aromatic heterocycles. The predicted octanol–water partition coefficient (Wildman–Crippen LogP) is 4.44. The summed E-state index contributed by atoms with van der Waals surface area (Å²) in [5, 5.41) is 14.2. The topological polar surface area (TPSA) is 58.7 Å². The van der Waals surface area contributed by atoms with E-state index in [1.165, 1.54) is 16.8 Å². The van der Waals surface area contributed by atoms with Crippen LogP contribution in [0.3, 0.4) is 0 Å². The lowest BCUT2D eigenvalue weighted by atomic mass is 9.57. The van der Waals surface area contributed by atoms with Crippen molar-refractivity contribution in [3.63, 3.8) is 0 Å². The fourth-order valence-electron chi connectivity index (χ4n) is 4.68. The van der Waals surface area contributed by atoms with E-state index >= 15 is 0 Å². The Morgan fingerprint density at radius 3 is 2.62 bits per heavy atom. The van der Waals surface area contributed by atoms with E-state index in [4.69, 9.17) is 5.10 Å². The lowest BCUT2D eigenvalue weighted by Gasteiger charge is -2.44. The molecular weight excluding hydrogens is 322 g/mol. The van der Waals surface area contributed by atoms with Gasteiger partial charge in [-0.2, -0.15) is 10.4 Å². The van der Waals surface area contributed by atoms with Crippen LogP contribution in [0, 0.1) is 23.2 Å². The zero-order chi connectivity index (χ0) is 18.9. The molecule has 4 nitrogen and oxygen atoms in total. The second-order valence-electron chi connectivity index (χ2n) is 7.37. The van der Waals surface area contributed by atoms with Gasteiger partial charge >= 0.3 is 0 Å². The van der Waals surface area contributed by atoms with Crippen molar-refractivity contribution in [2.45, 2.75) is 51.9 Å². The maximum absolute atomic E-state index is 12.2. The highest BCUT2D eigenvalue weighted by molar-refractivity contribution is 5.85. The monoisotopic (exact) mass is 349 g/mol. The van der Waals surface area contributed by atoms with Gasteiger partial charge in [-0.1, -0.05) is 51.1 Å². The molecule has 26 heavy (non-hydrogen) atoms. The van der Waals surface area contributed by atoms with E-state index in [9.17, 15) is 10.1 Å². The van der Waals surface area contributed by atoms with Gasteiger partial charge in [0.25, 0.3) is 0 Å². The van der Waals surface area contributed by atoms with Gasteiger partial charge in [0.1, 0.15) is 11.7 Å². The van der Waals surface area contributed by atoms with Crippen molar-refractivity contribution < 1.29 is 4.79 Å². The average molecular weight is 349 g/mol. The number of rotatable bonds is 1. The summed E-state index contributed by atoms with van der Waals surface area (Å²) in [5.74, 6) is -0.0670. The Labute approximate surface area is 155 Å². The average Bonchev–Trinajstić information content (AvgIpc) is 3.01. The van der Waals surface area contributed by atoms with Crippen LogP contribution in [0.25, 0.3) is 11.3 Å². The SMILES string of the molecule is CC.Cn1nc2c(c1-c1ccccc1)CCC1CC(=O)C(C#N)CC21C. The zero-order valence-electron chi connectivity index (χ0n) is 16.1. The predicted molar refractivity (Wildman–Crippen MR) is 102 cm³/mol. The molecule has 0 spiro atoms.